The standard InChI is InChI=1S/C17H25N3O2/c1-11-7-12(14-5-6-19-10-15(14)18)9-13(8-11)20-16(21)22-17(2,3)4/h5-6,8,10,12-13H,7,9,18H2,1-4H3,(H,20,21). The van der Waals surface area contributed by atoms with Crippen molar-refractivity contribution in [3.63, 3.8) is 0 Å². The highest BCUT2D eigenvalue weighted by molar-refractivity contribution is 5.68. The Morgan fingerprint density at radius 3 is 2.82 bits per heavy atom. The fourth-order valence-corrected chi connectivity index (χ4v) is 2.84. The molecule has 0 spiro atoms. The summed E-state index contributed by atoms with van der Waals surface area (Å²) in [5.41, 5.74) is 8.59. The number of nitrogens with zero attached hydrogens (tertiary/aromatic N) is 1. The quantitative estimate of drug-likeness (QED) is 0.821. The zero-order valence-corrected chi connectivity index (χ0v) is 13.7. The van der Waals surface area contributed by atoms with Gasteiger partial charge in [-0.1, -0.05) is 11.6 Å². The minimum atomic E-state index is -0.494. The van der Waals surface area contributed by atoms with Crippen molar-refractivity contribution < 1.29 is 9.53 Å². The summed E-state index contributed by atoms with van der Waals surface area (Å²) in [4.78, 5) is 16.0. The first-order valence-corrected chi connectivity index (χ1v) is 7.61. The number of nitrogens with two attached hydrogens (primary N) is 1. The molecule has 120 valence electrons. The zero-order chi connectivity index (χ0) is 16.3. The number of nitrogen functional groups attached to an aromatic ring is 1. The molecule has 2 atom stereocenters. The lowest BCUT2D eigenvalue weighted by Gasteiger charge is -2.30. The highest BCUT2D eigenvalue weighted by Crippen LogP contribution is 2.35. The highest BCUT2D eigenvalue weighted by atomic mass is 16.6. The van der Waals surface area contributed by atoms with E-state index in [0.717, 1.165) is 18.4 Å². The lowest BCUT2D eigenvalue weighted by molar-refractivity contribution is 0.0510. The first-order chi connectivity index (χ1) is 10.2. The van der Waals surface area contributed by atoms with E-state index in [1.807, 2.05) is 26.8 Å². The number of pyridine rings is 1. The number of alkyl carbamates (subject to hydrolysis) is 1. The van der Waals surface area contributed by atoms with Crippen LogP contribution in [-0.4, -0.2) is 22.7 Å². The van der Waals surface area contributed by atoms with Gasteiger partial charge in [0.1, 0.15) is 5.60 Å². The van der Waals surface area contributed by atoms with Gasteiger partial charge in [-0.15, -0.1) is 0 Å². The average Bonchev–Trinajstić information content (AvgIpc) is 2.35. The van der Waals surface area contributed by atoms with Crippen molar-refractivity contribution in [3.8, 4) is 0 Å². The fraction of sp³-hybridized carbons (Fsp3) is 0.529. The van der Waals surface area contributed by atoms with Crippen LogP contribution >= 0.6 is 0 Å². The molecule has 5 nitrogen and oxygen atoms in total. The van der Waals surface area contributed by atoms with Gasteiger partial charge in [0.05, 0.1) is 17.9 Å². The first kappa shape index (κ1) is 16.3. The van der Waals surface area contributed by atoms with E-state index in [-0.39, 0.29) is 18.1 Å². The van der Waals surface area contributed by atoms with Gasteiger partial charge in [0.2, 0.25) is 0 Å². The first-order valence-electron chi connectivity index (χ1n) is 7.61. The largest absolute Gasteiger partial charge is 0.444 e. The third kappa shape index (κ3) is 4.48. The predicted octanol–water partition coefficient (Wildman–Crippen LogP) is 3.38. The van der Waals surface area contributed by atoms with E-state index in [2.05, 4.69) is 23.3 Å². The molecule has 2 rings (SSSR count). The van der Waals surface area contributed by atoms with Crippen LogP contribution in [0.1, 0.15) is 52.0 Å². The van der Waals surface area contributed by atoms with E-state index in [4.69, 9.17) is 10.5 Å². The van der Waals surface area contributed by atoms with Gasteiger partial charge >= 0.3 is 6.09 Å². The minimum absolute atomic E-state index is 0.0406. The SMILES string of the molecule is CC1=CC(NC(=O)OC(C)(C)C)CC(c2ccncc2N)C1. The second-order valence-electron chi connectivity index (χ2n) is 6.91. The van der Waals surface area contributed by atoms with Crippen molar-refractivity contribution in [2.24, 2.45) is 0 Å². The summed E-state index contributed by atoms with van der Waals surface area (Å²) in [6.45, 7) is 7.65. The van der Waals surface area contributed by atoms with Crippen LogP contribution in [0.25, 0.3) is 0 Å². The van der Waals surface area contributed by atoms with Crippen molar-refractivity contribution in [2.75, 3.05) is 5.73 Å². The zero-order valence-electron chi connectivity index (χ0n) is 13.7. The summed E-state index contributed by atoms with van der Waals surface area (Å²) in [5, 5.41) is 2.93. The minimum Gasteiger partial charge on any atom is -0.444 e. The normalized spacial score (nSPS) is 21.9. The molecule has 0 saturated heterocycles. The van der Waals surface area contributed by atoms with Gasteiger partial charge in [-0.3, -0.25) is 4.98 Å². The Morgan fingerprint density at radius 2 is 2.18 bits per heavy atom. The van der Waals surface area contributed by atoms with Crippen LogP contribution in [0.4, 0.5) is 10.5 Å². The molecule has 0 aromatic carbocycles. The predicted molar refractivity (Wildman–Crippen MR) is 87.5 cm³/mol. The summed E-state index contributed by atoms with van der Waals surface area (Å²) in [6, 6.07) is 1.92. The third-order valence-electron chi connectivity index (χ3n) is 3.62. The Labute approximate surface area is 131 Å². The van der Waals surface area contributed by atoms with Gasteiger partial charge < -0.3 is 15.8 Å². The van der Waals surface area contributed by atoms with Crippen LogP contribution in [-0.2, 0) is 4.74 Å². The Balaban J connectivity index is 2.07. The van der Waals surface area contributed by atoms with E-state index in [0.29, 0.717) is 5.69 Å². The number of carbonyl (C=O) groups excluding carboxylic acids is 1. The Morgan fingerprint density at radius 1 is 1.45 bits per heavy atom. The number of ether oxygens (including phenoxy) is 1. The van der Waals surface area contributed by atoms with Gasteiger partial charge in [0.25, 0.3) is 0 Å². The van der Waals surface area contributed by atoms with E-state index in [1.165, 1.54) is 5.57 Å². The molecular weight excluding hydrogens is 278 g/mol. The van der Waals surface area contributed by atoms with Crippen molar-refractivity contribution in [1.82, 2.24) is 10.3 Å². The van der Waals surface area contributed by atoms with Crippen LogP contribution in [0.5, 0.6) is 0 Å². The van der Waals surface area contributed by atoms with Gasteiger partial charge in [-0.2, -0.15) is 0 Å². The van der Waals surface area contributed by atoms with Crippen LogP contribution in [0.3, 0.4) is 0 Å². The number of anilines is 1. The summed E-state index contributed by atoms with van der Waals surface area (Å²) in [5.74, 6) is 0.285. The molecule has 1 aliphatic rings. The molecule has 0 fully saturated rings. The van der Waals surface area contributed by atoms with Gasteiger partial charge in [0.15, 0.2) is 0 Å². The van der Waals surface area contributed by atoms with Crippen LogP contribution in [0.2, 0.25) is 0 Å². The van der Waals surface area contributed by atoms with E-state index in [1.54, 1.807) is 12.4 Å². The average molecular weight is 303 g/mol. The highest BCUT2D eigenvalue weighted by Gasteiger charge is 2.26. The summed E-state index contributed by atoms with van der Waals surface area (Å²) >= 11 is 0. The van der Waals surface area contributed by atoms with Crippen LogP contribution < -0.4 is 11.1 Å². The smallest absolute Gasteiger partial charge is 0.408 e. The fourth-order valence-electron chi connectivity index (χ4n) is 2.84. The number of amides is 1. The molecule has 3 N–H and O–H groups in total. The van der Waals surface area contributed by atoms with Gasteiger partial charge in [-0.05, 0) is 58.1 Å². The van der Waals surface area contributed by atoms with Crippen molar-refractivity contribution in [1.29, 1.82) is 0 Å². The summed E-state index contributed by atoms with van der Waals surface area (Å²) in [7, 11) is 0. The number of rotatable bonds is 2. The summed E-state index contributed by atoms with van der Waals surface area (Å²) in [6.07, 6.45) is 6.91. The van der Waals surface area contributed by atoms with E-state index < -0.39 is 5.60 Å². The molecule has 1 amide bonds. The van der Waals surface area contributed by atoms with E-state index >= 15 is 0 Å². The number of hydrogen-bond acceptors (Lipinski definition) is 4. The second kappa shape index (κ2) is 6.38. The molecule has 0 saturated carbocycles. The monoisotopic (exact) mass is 303 g/mol. The number of aromatic nitrogens is 1. The number of hydrogen-bond donors (Lipinski definition) is 2. The Kier molecular flexibility index (Phi) is 4.74. The third-order valence-corrected chi connectivity index (χ3v) is 3.62. The topological polar surface area (TPSA) is 77.2 Å². The lowest BCUT2D eigenvalue weighted by atomic mass is 9.82. The van der Waals surface area contributed by atoms with Gasteiger partial charge in [0, 0.05) is 6.20 Å². The maximum atomic E-state index is 11.9. The molecule has 0 aliphatic heterocycles. The summed E-state index contributed by atoms with van der Waals surface area (Å²) < 4.78 is 5.33. The molecule has 0 radical (unpaired) electrons. The second-order valence-corrected chi connectivity index (χ2v) is 6.91. The van der Waals surface area contributed by atoms with Crippen molar-refractivity contribution >= 4 is 11.8 Å². The Hall–Kier alpha value is -2.04. The Bertz CT molecular complexity index is 576. The molecule has 1 heterocycles. The number of allylic oxidation sites excluding steroid dienone is 1. The van der Waals surface area contributed by atoms with Crippen molar-refractivity contribution in [3.05, 3.63) is 35.7 Å². The van der Waals surface area contributed by atoms with E-state index in [9.17, 15) is 4.79 Å². The molecule has 0 bridgehead atoms. The maximum absolute atomic E-state index is 11.9. The molecule has 1 aliphatic carbocycles. The molecule has 1 aromatic heterocycles. The molecule has 1 aromatic rings. The van der Waals surface area contributed by atoms with Crippen LogP contribution in [0.15, 0.2) is 30.1 Å². The maximum Gasteiger partial charge on any atom is 0.408 e. The number of carbonyl (C=O) groups is 1. The van der Waals surface area contributed by atoms with Gasteiger partial charge in [-0.25, -0.2) is 4.79 Å². The molecule has 2 unspecified atom stereocenters. The lowest BCUT2D eigenvalue weighted by Crippen LogP contribution is -2.40. The molecular formula is C17H25N3O2. The van der Waals surface area contributed by atoms with Crippen molar-refractivity contribution in [2.45, 2.75) is 58.1 Å². The molecule has 5 heteroatoms. The molecule has 22 heavy (non-hydrogen) atoms. The number of nitrogens with one attached hydrogen (secondary N) is 1. The van der Waals surface area contributed by atoms with Crippen LogP contribution in [0, 0.1) is 0 Å².